The summed E-state index contributed by atoms with van der Waals surface area (Å²) in [6.45, 7) is 3.55. The Morgan fingerprint density at radius 2 is 1.86 bits per heavy atom. The van der Waals surface area contributed by atoms with Gasteiger partial charge in [0.05, 0.1) is 10.2 Å². The molecule has 2 aromatic carbocycles. The molecule has 3 aromatic rings. The fraction of sp³-hybridized carbons (Fsp3) is 0.364. The third-order valence-electron chi connectivity index (χ3n) is 4.46. The van der Waals surface area contributed by atoms with E-state index in [1.807, 2.05) is 43.3 Å². The Hall–Kier alpha value is -1.89. The summed E-state index contributed by atoms with van der Waals surface area (Å²) < 4.78 is 1.14. The minimum Gasteiger partial charge on any atom is -0.308 e. The summed E-state index contributed by atoms with van der Waals surface area (Å²) in [6.07, 6.45) is 1.41. The molecule has 0 spiro atoms. The number of benzene rings is 2. The number of nitrogens with zero attached hydrogens (tertiary/aromatic N) is 3. The van der Waals surface area contributed by atoms with Crippen LogP contribution in [0.15, 0.2) is 53.4 Å². The molecule has 3 rings (SSSR count). The van der Waals surface area contributed by atoms with Crippen LogP contribution in [0.2, 0.25) is 0 Å². The Bertz CT molecular complexity index is 909. The van der Waals surface area contributed by atoms with E-state index in [1.54, 1.807) is 23.1 Å². The number of likely N-dealkylation sites (N-methyl/N-ethyl adjacent to an activating group) is 1. The maximum atomic E-state index is 13.0. The monoisotopic (exact) mass is 413 g/mol. The van der Waals surface area contributed by atoms with Gasteiger partial charge in [-0.3, -0.25) is 9.69 Å². The average molecular weight is 414 g/mol. The molecule has 0 bridgehead atoms. The highest BCUT2D eigenvalue weighted by atomic mass is 32.2. The number of carbonyl (C=O) groups is 1. The lowest BCUT2D eigenvalue weighted by Crippen LogP contribution is -2.36. The Kier molecular flexibility index (Phi) is 7.48. The molecule has 1 amide bonds. The van der Waals surface area contributed by atoms with Crippen LogP contribution in [0.1, 0.15) is 18.4 Å². The second-order valence-electron chi connectivity index (χ2n) is 7.03. The molecule has 0 N–H and O–H groups in total. The number of hydrogen-bond acceptors (Lipinski definition) is 5. The number of fused-ring (bicyclic) bond motifs is 1. The molecule has 1 aromatic heterocycles. The lowest BCUT2D eigenvalue weighted by atomic mass is 10.2. The van der Waals surface area contributed by atoms with Crippen LogP contribution in [0.25, 0.3) is 10.2 Å². The van der Waals surface area contributed by atoms with Crippen LogP contribution in [-0.4, -0.2) is 48.7 Å². The molecule has 6 heteroatoms. The van der Waals surface area contributed by atoms with Crippen molar-refractivity contribution in [3.8, 4) is 0 Å². The first-order valence-electron chi connectivity index (χ1n) is 9.53. The van der Waals surface area contributed by atoms with Gasteiger partial charge >= 0.3 is 0 Å². The first-order chi connectivity index (χ1) is 13.5. The lowest BCUT2D eigenvalue weighted by molar-refractivity contribution is -0.118. The second-order valence-corrected chi connectivity index (χ2v) is 9.21. The quantitative estimate of drug-likeness (QED) is 0.362. The summed E-state index contributed by atoms with van der Waals surface area (Å²) in [5, 5.41) is 0.812. The largest absolute Gasteiger partial charge is 0.308 e. The number of carbonyl (C=O) groups excluding carboxylic acids is 1. The molecule has 148 valence electrons. The average Bonchev–Trinajstić information content (AvgIpc) is 3.11. The molecule has 0 fully saturated rings. The van der Waals surface area contributed by atoms with Crippen LogP contribution >= 0.6 is 23.1 Å². The molecule has 4 nitrogen and oxygen atoms in total. The third-order valence-corrected chi connectivity index (χ3v) is 6.60. The minimum absolute atomic E-state index is 0.159. The van der Waals surface area contributed by atoms with Crippen molar-refractivity contribution in [2.45, 2.75) is 24.7 Å². The molecule has 0 aliphatic carbocycles. The third kappa shape index (κ3) is 5.56. The van der Waals surface area contributed by atoms with Gasteiger partial charge in [0.2, 0.25) is 5.91 Å². The highest BCUT2D eigenvalue weighted by Gasteiger charge is 2.20. The van der Waals surface area contributed by atoms with E-state index < -0.39 is 0 Å². The zero-order valence-electron chi connectivity index (χ0n) is 16.7. The smallest absolute Gasteiger partial charge is 0.228 e. The summed E-state index contributed by atoms with van der Waals surface area (Å²) in [6, 6.07) is 16.5. The van der Waals surface area contributed by atoms with Crippen molar-refractivity contribution in [2.75, 3.05) is 37.8 Å². The second kappa shape index (κ2) is 10.0. The highest BCUT2D eigenvalue weighted by molar-refractivity contribution is 7.99. The van der Waals surface area contributed by atoms with Crippen molar-refractivity contribution in [3.05, 3.63) is 54.1 Å². The maximum Gasteiger partial charge on any atom is 0.228 e. The molecule has 0 atom stereocenters. The summed E-state index contributed by atoms with van der Waals surface area (Å²) in [5.74, 6) is 1.10. The first kappa shape index (κ1) is 20.8. The number of thioether (sulfide) groups is 1. The predicted octanol–water partition coefficient (Wildman–Crippen LogP) is 5.07. The van der Waals surface area contributed by atoms with Crippen molar-refractivity contribution in [1.82, 2.24) is 9.88 Å². The molecule has 0 radical (unpaired) electrons. The maximum absolute atomic E-state index is 13.0. The van der Waals surface area contributed by atoms with Gasteiger partial charge < -0.3 is 4.90 Å². The Morgan fingerprint density at radius 1 is 1.07 bits per heavy atom. The van der Waals surface area contributed by atoms with Gasteiger partial charge in [0.25, 0.3) is 0 Å². The predicted molar refractivity (Wildman–Crippen MR) is 122 cm³/mol. The van der Waals surface area contributed by atoms with E-state index in [1.165, 1.54) is 4.90 Å². The molecular weight excluding hydrogens is 386 g/mol. The molecular formula is C22H27N3OS2. The van der Waals surface area contributed by atoms with Crippen molar-refractivity contribution in [2.24, 2.45) is 0 Å². The van der Waals surface area contributed by atoms with E-state index in [4.69, 9.17) is 4.98 Å². The van der Waals surface area contributed by atoms with Gasteiger partial charge in [0, 0.05) is 24.4 Å². The van der Waals surface area contributed by atoms with Crippen LogP contribution < -0.4 is 4.90 Å². The topological polar surface area (TPSA) is 36.4 Å². The van der Waals surface area contributed by atoms with E-state index >= 15 is 0 Å². The summed E-state index contributed by atoms with van der Waals surface area (Å²) in [5.41, 5.74) is 2.16. The summed E-state index contributed by atoms with van der Waals surface area (Å²) >= 11 is 3.41. The van der Waals surface area contributed by atoms with Gasteiger partial charge in [-0.2, -0.15) is 0 Å². The van der Waals surface area contributed by atoms with Crippen LogP contribution in [0.5, 0.6) is 0 Å². The zero-order valence-corrected chi connectivity index (χ0v) is 18.4. The number of para-hydroxylation sites is 1. The van der Waals surface area contributed by atoms with Gasteiger partial charge in [0.1, 0.15) is 0 Å². The van der Waals surface area contributed by atoms with Gasteiger partial charge in [-0.1, -0.05) is 41.7 Å². The van der Waals surface area contributed by atoms with Crippen molar-refractivity contribution < 1.29 is 4.79 Å². The van der Waals surface area contributed by atoms with Crippen LogP contribution in [0.4, 0.5) is 5.13 Å². The fourth-order valence-electron chi connectivity index (χ4n) is 2.88. The van der Waals surface area contributed by atoms with E-state index in [0.29, 0.717) is 13.0 Å². The van der Waals surface area contributed by atoms with Gasteiger partial charge in [-0.15, -0.1) is 11.8 Å². The Morgan fingerprint density at radius 3 is 2.57 bits per heavy atom. The van der Waals surface area contributed by atoms with Gasteiger partial charge in [-0.25, -0.2) is 4.98 Å². The van der Waals surface area contributed by atoms with Crippen molar-refractivity contribution in [3.63, 3.8) is 0 Å². The normalized spacial score (nSPS) is 11.3. The number of aromatic nitrogens is 1. The Labute approximate surface area is 175 Å². The molecule has 0 unspecified atom stereocenters. The minimum atomic E-state index is 0.159. The van der Waals surface area contributed by atoms with Crippen molar-refractivity contribution in [1.29, 1.82) is 0 Å². The number of anilines is 1. The van der Waals surface area contributed by atoms with Gasteiger partial charge in [-0.05, 0) is 57.0 Å². The standard InChI is InChI=1S/C22H27N3OS2/c1-17-9-7-12-19-21(17)23-22(28-19)25(15-14-24(2)3)20(26)13-8-16-27-18-10-5-4-6-11-18/h4-7,9-12H,8,13-16H2,1-3H3. The highest BCUT2D eigenvalue weighted by Crippen LogP contribution is 2.31. The number of amides is 1. The van der Waals surface area contributed by atoms with E-state index in [2.05, 4.69) is 36.1 Å². The molecule has 1 heterocycles. The molecule has 28 heavy (non-hydrogen) atoms. The molecule has 0 saturated carbocycles. The first-order valence-corrected chi connectivity index (χ1v) is 11.3. The zero-order chi connectivity index (χ0) is 19.9. The van der Waals surface area contributed by atoms with Crippen LogP contribution in [0, 0.1) is 6.92 Å². The molecule has 0 aliphatic rings. The summed E-state index contributed by atoms with van der Waals surface area (Å²) in [7, 11) is 4.06. The fourth-order valence-corrected chi connectivity index (χ4v) is 4.84. The van der Waals surface area contributed by atoms with Crippen molar-refractivity contribution >= 4 is 44.4 Å². The number of aryl methyl sites for hydroxylation is 1. The van der Waals surface area contributed by atoms with Gasteiger partial charge in [0.15, 0.2) is 5.13 Å². The van der Waals surface area contributed by atoms with E-state index in [9.17, 15) is 4.79 Å². The van der Waals surface area contributed by atoms with Crippen LogP contribution in [-0.2, 0) is 4.79 Å². The van der Waals surface area contributed by atoms with E-state index in [0.717, 1.165) is 39.6 Å². The SMILES string of the molecule is Cc1cccc2sc(N(CCN(C)C)C(=O)CCCSc3ccccc3)nc12. The number of rotatable bonds is 9. The Balaban J connectivity index is 1.66. The summed E-state index contributed by atoms with van der Waals surface area (Å²) in [4.78, 5) is 23.0. The van der Waals surface area contributed by atoms with Crippen LogP contribution in [0.3, 0.4) is 0 Å². The number of hydrogen-bond donors (Lipinski definition) is 0. The molecule has 0 saturated heterocycles. The van der Waals surface area contributed by atoms with E-state index in [-0.39, 0.29) is 5.91 Å². The molecule has 0 aliphatic heterocycles. The lowest BCUT2D eigenvalue weighted by Gasteiger charge is -2.22. The number of thiazole rings is 1.